The third-order valence-electron chi connectivity index (χ3n) is 3.17. The maximum atomic E-state index is 13.6. The lowest BCUT2D eigenvalue weighted by Gasteiger charge is -2.12. The summed E-state index contributed by atoms with van der Waals surface area (Å²) < 4.78 is 32.2. The number of nitrogens with zero attached hydrogens (tertiary/aromatic N) is 1. The summed E-state index contributed by atoms with van der Waals surface area (Å²) >= 11 is 0. The predicted molar refractivity (Wildman–Crippen MR) is 84.7 cm³/mol. The molecule has 2 aromatic rings. The highest BCUT2D eigenvalue weighted by atomic mass is 19.1. The first-order valence-corrected chi connectivity index (χ1v) is 7.06. The summed E-state index contributed by atoms with van der Waals surface area (Å²) in [7, 11) is 2.79. The molecule has 1 N–H and O–H groups in total. The van der Waals surface area contributed by atoms with Crippen molar-refractivity contribution >= 4 is 11.6 Å². The number of carbonyl (C=O) groups is 1. The lowest BCUT2D eigenvalue weighted by Crippen LogP contribution is -2.29. The number of hydrogen-bond donors (Lipinski definition) is 1. The van der Waals surface area contributed by atoms with Crippen LogP contribution in [0.3, 0.4) is 0 Å². The van der Waals surface area contributed by atoms with Gasteiger partial charge in [-0.3, -0.25) is 4.79 Å². The average Bonchev–Trinajstić information content (AvgIpc) is 2.60. The van der Waals surface area contributed by atoms with E-state index in [2.05, 4.69) is 10.5 Å². The molecule has 0 bridgehead atoms. The molecule has 0 unspecified atom stereocenters. The minimum absolute atomic E-state index is 0.0546. The standard InChI is InChI=1S/C17H16F2N2O3/c1-20-17(22)16(21-23-2)13-6-4-3-5-11(13)10-24-15-9-12(18)7-8-14(15)19/h3-9H,10H2,1-2H3,(H,20,22)/b21-16-. The summed E-state index contributed by atoms with van der Waals surface area (Å²) in [5.74, 6) is -1.94. The summed E-state index contributed by atoms with van der Waals surface area (Å²) in [6.45, 7) is -0.0731. The number of benzene rings is 2. The van der Waals surface area contributed by atoms with Crippen LogP contribution in [0.5, 0.6) is 5.75 Å². The monoisotopic (exact) mass is 334 g/mol. The normalized spacial score (nSPS) is 11.1. The maximum Gasteiger partial charge on any atom is 0.273 e. The van der Waals surface area contributed by atoms with Crippen molar-refractivity contribution in [3.63, 3.8) is 0 Å². The van der Waals surface area contributed by atoms with Gasteiger partial charge in [0, 0.05) is 18.7 Å². The SMILES string of the molecule is CNC(=O)/C(=N\OC)c1ccccc1COc1cc(F)ccc1F. The first kappa shape index (κ1) is 17.4. The van der Waals surface area contributed by atoms with Gasteiger partial charge in [-0.15, -0.1) is 0 Å². The van der Waals surface area contributed by atoms with E-state index in [0.717, 1.165) is 18.2 Å². The van der Waals surface area contributed by atoms with Gasteiger partial charge in [0.25, 0.3) is 5.91 Å². The molecule has 0 aliphatic carbocycles. The molecule has 1 amide bonds. The highest BCUT2D eigenvalue weighted by Crippen LogP contribution is 2.20. The Morgan fingerprint density at radius 1 is 1.21 bits per heavy atom. The van der Waals surface area contributed by atoms with E-state index in [4.69, 9.17) is 9.57 Å². The van der Waals surface area contributed by atoms with Crippen LogP contribution in [-0.4, -0.2) is 25.8 Å². The highest BCUT2D eigenvalue weighted by molar-refractivity contribution is 6.45. The van der Waals surface area contributed by atoms with Gasteiger partial charge in [0.15, 0.2) is 17.3 Å². The molecule has 24 heavy (non-hydrogen) atoms. The zero-order chi connectivity index (χ0) is 17.5. The van der Waals surface area contributed by atoms with Crippen molar-refractivity contribution < 1.29 is 23.1 Å². The van der Waals surface area contributed by atoms with Crippen molar-refractivity contribution in [1.29, 1.82) is 0 Å². The van der Waals surface area contributed by atoms with Crippen LogP contribution in [0.2, 0.25) is 0 Å². The van der Waals surface area contributed by atoms with Crippen LogP contribution in [-0.2, 0) is 16.2 Å². The molecular weight excluding hydrogens is 318 g/mol. The molecule has 0 aliphatic rings. The number of nitrogens with one attached hydrogen (secondary N) is 1. The fourth-order valence-corrected chi connectivity index (χ4v) is 2.04. The van der Waals surface area contributed by atoms with E-state index in [0.29, 0.717) is 11.1 Å². The van der Waals surface area contributed by atoms with E-state index in [1.807, 2.05) is 0 Å². The first-order chi connectivity index (χ1) is 11.6. The minimum atomic E-state index is -0.675. The van der Waals surface area contributed by atoms with Gasteiger partial charge in [0.2, 0.25) is 0 Å². The lowest BCUT2D eigenvalue weighted by atomic mass is 10.0. The number of oxime groups is 1. The predicted octanol–water partition coefficient (Wildman–Crippen LogP) is 2.64. The molecule has 0 fully saturated rings. The topological polar surface area (TPSA) is 59.9 Å². The van der Waals surface area contributed by atoms with E-state index < -0.39 is 17.5 Å². The van der Waals surface area contributed by atoms with Crippen molar-refractivity contribution in [2.45, 2.75) is 6.61 Å². The van der Waals surface area contributed by atoms with Gasteiger partial charge in [-0.05, 0) is 17.7 Å². The number of likely N-dealkylation sites (N-methyl/N-ethyl adjacent to an activating group) is 1. The molecule has 0 saturated carbocycles. The Hall–Kier alpha value is -2.96. The van der Waals surface area contributed by atoms with Crippen LogP contribution in [0.4, 0.5) is 8.78 Å². The van der Waals surface area contributed by atoms with Crippen molar-refractivity contribution in [2.24, 2.45) is 5.16 Å². The second-order valence-corrected chi connectivity index (χ2v) is 4.72. The number of ether oxygens (including phenoxy) is 1. The third-order valence-corrected chi connectivity index (χ3v) is 3.17. The Balaban J connectivity index is 2.30. The largest absolute Gasteiger partial charge is 0.486 e. The Morgan fingerprint density at radius 3 is 2.67 bits per heavy atom. The van der Waals surface area contributed by atoms with Gasteiger partial charge in [-0.2, -0.15) is 0 Å². The van der Waals surface area contributed by atoms with E-state index >= 15 is 0 Å². The van der Waals surface area contributed by atoms with Gasteiger partial charge in [0.1, 0.15) is 19.5 Å². The second-order valence-electron chi connectivity index (χ2n) is 4.72. The first-order valence-electron chi connectivity index (χ1n) is 7.06. The van der Waals surface area contributed by atoms with Crippen LogP contribution in [0.15, 0.2) is 47.6 Å². The molecule has 0 saturated heterocycles. The Kier molecular flexibility index (Phi) is 5.83. The number of carbonyl (C=O) groups excluding carboxylic acids is 1. The molecule has 0 heterocycles. The summed E-state index contributed by atoms with van der Waals surface area (Å²) in [5.41, 5.74) is 1.09. The molecule has 0 radical (unpaired) electrons. The minimum Gasteiger partial charge on any atom is -0.486 e. The average molecular weight is 334 g/mol. The lowest BCUT2D eigenvalue weighted by molar-refractivity contribution is -0.114. The Bertz CT molecular complexity index is 763. The van der Waals surface area contributed by atoms with Crippen LogP contribution < -0.4 is 10.1 Å². The van der Waals surface area contributed by atoms with Gasteiger partial charge >= 0.3 is 0 Å². The number of hydrogen-bond acceptors (Lipinski definition) is 4. The molecule has 0 spiro atoms. The van der Waals surface area contributed by atoms with Crippen molar-refractivity contribution in [2.75, 3.05) is 14.2 Å². The molecule has 0 aliphatic heterocycles. The Morgan fingerprint density at radius 2 is 1.96 bits per heavy atom. The molecular formula is C17H16F2N2O3. The van der Waals surface area contributed by atoms with E-state index in [1.54, 1.807) is 24.3 Å². The molecule has 5 nitrogen and oxygen atoms in total. The highest BCUT2D eigenvalue weighted by Gasteiger charge is 2.17. The van der Waals surface area contributed by atoms with Gasteiger partial charge in [-0.1, -0.05) is 29.4 Å². The molecule has 2 rings (SSSR count). The Labute approximate surface area is 137 Å². The zero-order valence-corrected chi connectivity index (χ0v) is 13.2. The van der Waals surface area contributed by atoms with E-state index in [1.165, 1.54) is 14.2 Å². The quantitative estimate of drug-likeness (QED) is 0.653. The third kappa shape index (κ3) is 4.07. The molecule has 0 aromatic heterocycles. The van der Waals surface area contributed by atoms with E-state index in [9.17, 15) is 13.6 Å². The van der Waals surface area contributed by atoms with Crippen molar-refractivity contribution in [3.05, 3.63) is 65.2 Å². The van der Waals surface area contributed by atoms with Crippen molar-refractivity contribution in [3.8, 4) is 5.75 Å². The fraction of sp³-hybridized carbons (Fsp3) is 0.176. The van der Waals surface area contributed by atoms with Crippen LogP contribution in [0.25, 0.3) is 0 Å². The van der Waals surface area contributed by atoms with Crippen LogP contribution in [0.1, 0.15) is 11.1 Å². The van der Waals surface area contributed by atoms with Crippen molar-refractivity contribution in [1.82, 2.24) is 5.32 Å². The second kappa shape index (κ2) is 8.05. The zero-order valence-electron chi connectivity index (χ0n) is 13.2. The van der Waals surface area contributed by atoms with Crippen LogP contribution >= 0.6 is 0 Å². The van der Waals surface area contributed by atoms with Gasteiger partial charge in [-0.25, -0.2) is 8.78 Å². The summed E-state index contributed by atoms with van der Waals surface area (Å²) in [4.78, 5) is 16.7. The summed E-state index contributed by atoms with van der Waals surface area (Å²) in [6, 6.07) is 9.76. The van der Waals surface area contributed by atoms with Gasteiger partial charge in [0.05, 0.1) is 0 Å². The number of amides is 1. The van der Waals surface area contributed by atoms with E-state index in [-0.39, 0.29) is 18.1 Å². The molecule has 7 heteroatoms. The maximum absolute atomic E-state index is 13.6. The summed E-state index contributed by atoms with van der Waals surface area (Å²) in [5, 5.41) is 6.19. The van der Waals surface area contributed by atoms with Gasteiger partial charge < -0.3 is 14.9 Å². The fourth-order valence-electron chi connectivity index (χ4n) is 2.04. The number of rotatable bonds is 6. The molecule has 2 aromatic carbocycles. The van der Waals surface area contributed by atoms with Crippen LogP contribution in [0, 0.1) is 11.6 Å². The molecule has 0 atom stereocenters. The molecule has 126 valence electrons. The smallest absolute Gasteiger partial charge is 0.273 e. The summed E-state index contributed by atoms with van der Waals surface area (Å²) in [6.07, 6.45) is 0. The number of halogens is 2.